The summed E-state index contributed by atoms with van der Waals surface area (Å²) in [5, 5.41) is 13.0. The van der Waals surface area contributed by atoms with E-state index in [2.05, 4.69) is 25.0 Å². The number of rotatable bonds is 5. The number of nitrogens with zero attached hydrogens (tertiary/aromatic N) is 5. The SMILES string of the molecule is O=S(=O)(Nc1cccc(-c2ccc3nnc(-c4ccncc4)n3n2)c1)c1ccccc1F. The smallest absolute Gasteiger partial charge is 0.264 e. The molecule has 0 unspecified atom stereocenters. The van der Waals surface area contributed by atoms with Crippen LogP contribution in [0.15, 0.2) is 90.1 Å². The summed E-state index contributed by atoms with van der Waals surface area (Å²) in [5.41, 5.74) is 2.90. The van der Waals surface area contributed by atoms with Gasteiger partial charge >= 0.3 is 0 Å². The second-order valence-corrected chi connectivity index (χ2v) is 8.52. The third-order valence-electron chi connectivity index (χ3n) is 4.74. The first-order valence-electron chi connectivity index (χ1n) is 9.52. The number of halogens is 1. The van der Waals surface area contributed by atoms with Crippen molar-refractivity contribution in [3.63, 3.8) is 0 Å². The molecule has 158 valence electrons. The normalized spacial score (nSPS) is 11.5. The van der Waals surface area contributed by atoms with E-state index in [0.717, 1.165) is 11.6 Å². The van der Waals surface area contributed by atoms with Crippen molar-refractivity contribution in [1.29, 1.82) is 0 Å². The van der Waals surface area contributed by atoms with Crippen molar-refractivity contribution >= 4 is 21.4 Å². The third-order valence-corrected chi connectivity index (χ3v) is 6.15. The quantitative estimate of drug-likeness (QED) is 0.441. The predicted octanol–water partition coefficient (Wildman–Crippen LogP) is 3.79. The summed E-state index contributed by atoms with van der Waals surface area (Å²) in [6.07, 6.45) is 3.32. The zero-order chi connectivity index (χ0) is 22.1. The molecular weight excluding hydrogens is 431 g/mol. The van der Waals surface area contributed by atoms with E-state index in [1.54, 1.807) is 53.3 Å². The zero-order valence-electron chi connectivity index (χ0n) is 16.4. The Bertz CT molecular complexity index is 1540. The highest BCUT2D eigenvalue weighted by atomic mass is 32.2. The maximum Gasteiger partial charge on any atom is 0.264 e. The minimum Gasteiger partial charge on any atom is -0.280 e. The lowest BCUT2D eigenvalue weighted by Crippen LogP contribution is -2.14. The summed E-state index contributed by atoms with van der Waals surface area (Å²) in [6, 6.07) is 19.1. The molecule has 5 rings (SSSR count). The van der Waals surface area contributed by atoms with E-state index >= 15 is 0 Å². The van der Waals surface area contributed by atoms with Crippen LogP contribution >= 0.6 is 0 Å². The maximum absolute atomic E-state index is 14.0. The molecule has 2 aromatic carbocycles. The van der Waals surface area contributed by atoms with E-state index in [0.29, 0.717) is 22.7 Å². The Labute approximate surface area is 182 Å². The predicted molar refractivity (Wildman–Crippen MR) is 117 cm³/mol. The Kier molecular flexibility index (Phi) is 4.83. The standard InChI is InChI=1S/C22H15FN6O2S/c23-18-6-1-2-7-20(18)32(30,31)28-17-5-3-4-16(14-17)19-8-9-21-25-26-22(29(21)27-19)15-10-12-24-13-11-15/h1-14,28H. The molecule has 3 aromatic heterocycles. The third kappa shape index (κ3) is 3.67. The molecule has 1 N–H and O–H groups in total. The van der Waals surface area contributed by atoms with Crippen molar-refractivity contribution in [2.75, 3.05) is 4.72 Å². The van der Waals surface area contributed by atoms with Gasteiger partial charge in [-0.1, -0.05) is 24.3 Å². The van der Waals surface area contributed by atoms with Crippen molar-refractivity contribution in [3.8, 4) is 22.6 Å². The molecule has 10 heteroatoms. The molecule has 0 saturated carbocycles. The minimum atomic E-state index is -4.09. The van der Waals surface area contributed by atoms with Crippen LogP contribution in [0.3, 0.4) is 0 Å². The Balaban J connectivity index is 1.51. The van der Waals surface area contributed by atoms with Gasteiger partial charge in [-0.3, -0.25) is 9.71 Å². The van der Waals surface area contributed by atoms with Crippen LogP contribution in [0.25, 0.3) is 28.3 Å². The van der Waals surface area contributed by atoms with Gasteiger partial charge in [0, 0.05) is 29.2 Å². The van der Waals surface area contributed by atoms with Crippen molar-refractivity contribution in [2.45, 2.75) is 4.90 Å². The van der Waals surface area contributed by atoms with Crippen molar-refractivity contribution in [2.24, 2.45) is 0 Å². The number of fused-ring (bicyclic) bond motifs is 1. The average molecular weight is 446 g/mol. The van der Waals surface area contributed by atoms with E-state index in [4.69, 9.17) is 0 Å². The summed E-state index contributed by atoms with van der Waals surface area (Å²) < 4.78 is 43.3. The Morgan fingerprint density at radius 1 is 0.844 bits per heavy atom. The molecule has 0 aliphatic heterocycles. The van der Waals surface area contributed by atoms with Crippen LogP contribution in [0.1, 0.15) is 0 Å². The lowest BCUT2D eigenvalue weighted by molar-refractivity contribution is 0.570. The van der Waals surface area contributed by atoms with Gasteiger partial charge in [-0.25, -0.2) is 12.8 Å². The van der Waals surface area contributed by atoms with Crippen LogP contribution in [0.4, 0.5) is 10.1 Å². The fraction of sp³-hybridized carbons (Fsp3) is 0. The summed E-state index contributed by atoms with van der Waals surface area (Å²) >= 11 is 0. The van der Waals surface area contributed by atoms with Gasteiger partial charge < -0.3 is 0 Å². The van der Waals surface area contributed by atoms with Crippen LogP contribution < -0.4 is 4.72 Å². The molecule has 0 atom stereocenters. The van der Waals surface area contributed by atoms with Gasteiger partial charge in [0.2, 0.25) is 0 Å². The van der Waals surface area contributed by atoms with Gasteiger partial charge in [0.25, 0.3) is 10.0 Å². The van der Waals surface area contributed by atoms with Gasteiger partial charge in [0.1, 0.15) is 10.7 Å². The highest BCUT2D eigenvalue weighted by Gasteiger charge is 2.19. The van der Waals surface area contributed by atoms with Crippen LogP contribution in [0.2, 0.25) is 0 Å². The number of hydrogen-bond acceptors (Lipinski definition) is 6. The maximum atomic E-state index is 14.0. The molecule has 0 aliphatic carbocycles. The number of anilines is 1. The van der Waals surface area contributed by atoms with Crippen LogP contribution in [0, 0.1) is 5.82 Å². The molecular formula is C22H15FN6O2S. The number of nitrogens with one attached hydrogen (secondary N) is 1. The first-order chi connectivity index (χ1) is 15.5. The monoisotopic (exact) mass is 446 g/mol. The van der Waals surface area contributed by atoms with Gasteiger partial charge in [-0.2, -0.15) is 9.61 Å². The van der Waals surface area contributed by atoms with Gasteiger partial charge in [-0.05, 0) is 48.5 Å². The van der Waals surface area contributed by atoms with E-state index in [1.165, 1.54) is 18.2 Å². The summed E-state index contributed by atoms with van der Waals surface area (Å²) in [7, 11) is -4.09. The lowest BCUT2D eigenvalue weighted by atomic mass is 10.1. The molecule has 8 nitrogen and oxygen atoms in total. The topological polar surface area (TPSA) is 102 Å². The minimum absolute atomic E-state index is 0.283. The summed E-state index contributed by atoms with van der Waals surface area (Å²) in [5.74, 6) is -0.264. The number of sulfonamides is 1. The van der Waals surface area contributed by atoms with E-state index in [-0.39, 0.29) is 5.69 Å². The largest absolute Gasteiger partial charge is 0.280 e. The highest BCUT2D eigenvalue weighted by molar-refractivity contribution is 7.92. The van der Waals surface area contributed by atoms with Crippen LogP contribution in [-0.2, 0) is 10.0 Å². The number of benzene rings is 2. The van der Waals surface area contributed by atoms with Gasteiger partial charge in [0.15, 0.2) is 11.5 Å². The van der Waals surface area contributed by atoms with Crippen molar-refractivity contribution in [1.82, 2.24) is 24.8 Å². The molecule has 0 amide bonds. The van der Waals surface area contributed by atoms with Crippen LogP contribution in [-0.4, -0.2) is 33.2 Å². The number of pyridine rings is 1. The second kappa shape index (κ2) is 7.82. The zero-order valence-corrected chi connectivity index (χ0v) is 17.2. The lowest BCUT2D eigenvalue weighted by Gasteiger charge is -2.10. The van der Waals surface area contributed by atoms with E-state index < -0.39 is 20.7 Å². The Morgan fingerprint density at radius 2 is 1.66 bits per heavy atom. The first-order valence-corrected chi connectivity index (χ1v) is 11.0. The molecule has 0 aliphatic rings. The molecule has 0 radical (unpaired) electrons. The molecule has 0 saturated heterocycles. The highest BCUT2D eigenvalue weighted by Crippen LogP contribution is 2.25. The van der Waals surface area contributed by atoms with Crippen molar-refractivity contribution in [3.05, 3.63) is 91.0 Å². The van der Waals surface area contributed by atoms with Crippen molar-refractivity contribution < 1.29 is 12.8 Å². The fourth-order valence-electron chi connectivity index (χ4n) is 3.24. The number of aromatic nitrogens is 5. The van der Waals surface area contributed by atoms with Gasteiger partial charge in [0.05, 0.1) is 5.69 Å². The molecule has 3 heterocycles. The molecule has 0 spiro atoms. The van der Waals surface area contributed by atoms with E-state index in [1.807, 2.05) is 12.1 Å². The van der Waals surface area contributed by atoms with Gasteiger partial charge in [-0.15, -0.1) is 10.2 Å². The first kappa shape index (κ1) is 19.8. The average Bonchev–Trinajstić information content (AvgIpc) is 3.23. The van der Waals surface area contributed by atoms with Crippen LogP contribution in [0.5, 0.6) is 0 Å². The second-order valence-electron chi connectivity index (χ2n) is 6.86. The molecule has 5 aromatic rings. The Hall–Kier alpha value is -4.18. The Morgan fingerprint density at radius 3 is 2.47 bits per heavy atom. The van der Waals surface area contributed by atoms with E-state index in [9.17, 15) is 12.8 Å². The fourth-order valence-corrected chi connectivity index (χ4v) is 4.37. The number of hydrogen-bond donors (Lipinski definition) is 1. The summed E-state index contributed by atoms with van der Waals surface area (Å²) in [4.78, 5) is 3.59. The molecule has 32 heavy (non-hydrogen) atoms. The molecule has 0 fully saturated rings. The summed E-state index contributed by atoms with van der Waals surface area (Å²) in [6.45, 7) is 0. The molecule has 0 bridgehead atoms.